The predicted molar refractivity (Wildman–Crippen MR) is 53.9 cm³/mol. The van der Waals surface area contributed by atoms with Crippen LogP contribution in [0.15, 0.2) is 30.3 Å². The Balaban J connectivity index is 0. The fourth-order valence-corrected chi connectivity index (χ4v) is 0.534. The smallest absolute Gasteiger partial charge is 0.0228 e. The summed E-state index contributed by atoms with van der Waals surface area (Å²) < 4.78 is 6.21. The second kappa shape index (κ2) is 12.0. The van der Waals surface area contributed by atoms with Crippen LogP contribution in [0.5, 0.6) is 0 Å². The Morgan fingerprint density at radius 3 is 1.55 bits per heavy atom. The zero-order valence-electron chi connectivity index (χ0n) is 9.09. The molecule has 0 heteroatoms. The van der Waals surface area contributed by atoms with Gasteiger partial charge in [-0.05, 0) is 6.92 Å². The van der Waals surface area contributed by atoms with E-state index in [-0.39, 0.29) is 0 Å². The number of rotatable bonds is 0. The Morgan fingerprint density at radius 2 is 1.36 bits per heavy atom. The molecule has 0 fully saturated rings. The molecule has 0 aliphatic heterocycles. The average Bonchev–Trinajstić information content (AvgIpc) is 2.11. The largest absolute Gasteiger partial charge is 0.0683 e. The molecule has 0 amide bonds. The minimum absolute atomic E-state index is 0.500. The van der Waals surface area contributed by atoms with Crippen LogP contribution in [0, 0.1) is 6.92 Å². The van der Waals surface area contributed by atoms with Crippen LogP contribution < -0.4 is 0 Å². The van der Waals surface area contributed by atoms with Gasteiger partial charge in [0.2, 0.25) is 0 Å². The van der Waals surface area contributed by atoms with Gasteiger partial charge in [-0.1, -0.05) is 63.6 Å². The Labute approximate surface area is 72.7 Å². The van der Waals surface area contributed by atoms with E-state index in [2.05, 4.69) is 19.1 Å². The lowest BCUT2D eigenvalue weighted by molar-refractivity contribution is 1.48. The lowest BCUT2D eigenvalue weighted by Gasteiger charge is -1.82. The van der Waals surface area contributed by atoms with Crippen LogP contribution in [0.1, 0.15) is 34.6 Å². The van der Waals surface area contributed by atoms with Crippen LogP contribution in [0.2, 0.25) is 0 Å². The van der Waals surface area contributed by atoms with Gasteiger partial charge in [-0.3, -0.25) is 0 Å². The molecule has 0 saturated heterocycles. The van der Waals surface area contributed by atoms with Crippen LogP contribution in [-0.2, 0) is 0 Å². The van der Waals surface area contributed by atoms with Crippen LogP contribution in [0.25, 0.3) is 0 Å². The summed E-state index contributed by atoms with van der Waals surface area (Å²) in [4.78, 5) is 0. The molecular formula is C11H20. The van der Waals surface area contributed by atoms with Crippen LogP contribution in [-0.4, -0.2) is 0 Å². The fourth-order valence-electron chi connectivity index (χ4n) is 0.534. The second-order valence-electron chi connectivity index (χ2n) is 1.65. The molecule has 0 aliphatic rings. The number of benzene rings is 1. The summed E-state index contributed by atoms with van der Waals surface area (Å²) in [6, 6.07) is 10.3. The number of hydrogen-bond donors (Lipinski definition) is 0. The van der Waals surface area contributed by atoms with Crippen molar-refractivity contribution in [1.29, 1.82) is 0 Å². The van der Waals surface area contributed by atoms with E-state index in [1.54, 1.807) is 6.92 Å². The summed E-state index contributed by atoms with van der Waals surface area (Å²) in [6.45, 7) is 8.38. The average molecular weight is 153 g/mol. The fraction of sp³-hybridized carbons (Fsp3) is 0.455. The molecule has 0 N–H and O–H groups in total. The van der Waals surface area contributed by atoms with Gasteiger partial charge in [0.1, 0.15) is 0 Å². The van der Waals surface area contributed by atoms with E-state index >= 15 is 0 Å². The molecule has 0 heterocycles. The Kier molecular flexibility index (Phi) is 11.1. The van der Waals surface area contributed by atoms with Gasteiger partial charge in [0.05, 0.1) is 0 Å². The topological polar surface area (TPSA) is 0 Å². The molecule has 0 bridgehead atoms. The third-order valence-electron chi connectivity index (χ3n) is 0.940. The number of aryl methyl sites for hydroxylation is 1. The van der Waals surface area contributed by atoms with E-state index in [9.17, 15) is 0 Å². The lowest BCUT2D eigenvalue weighted by Crippen LogP contribution is -1.62. The summed E-state index contributed by atoms with van der Waals surface area (Å²) in [5.74, 6) is 0. The molecule has 1 rings (SSSR count). The first kappa shape index (κ1) is 10.2. The van der Waals surface area contributed by atoms with Gasteiger partial charge in [0.25, 0.3) is 0 Å². The van der Waals surface area contributed by atoms with Crippen molar-refractivity contribution in [1.82, 2.24) is 0 Å². The Morgan fingerprint density at radius 1 is 1.00 bits per heavy atom. The van der Waals surface area contributed by atoms with Crippen LogP contribution in [0.4, 0.5) is 0 Å². The highest BCUT2D eigenvalue weighted by Crippen LogP contribution is 1.92. The molecule has 0 aromatic heterocycles. The highest BCUT2D eigenvalue weighted by molar-refractivity contribution is 5.11. The van der Waals surface area contributed by atoms with Gasteiger partial charge in [-0.2, -0.15) is 0 Å². The van der Waals surface area contributed by atoms with E-state index in [4.69, 9.17) is 1.37 Å². The predicted octanol–water partition coefficient (Wildman–Crippen LogP) is 4.05. The normalized spacial score (nSPS) is 7.82. The number of hydrogen-bond acceptors (Lipinski definition) is 0. The molecule has 0 aliphatic carbocycles. The van der Waals surface area contributed by atoms with E-state index in [1.165, 1.54) is 5.56 Å². The van der Waals surface area contributed by atoms with Gasteiger partial charge in [-0.25, -0.2) is 0 Å². The highest BCUT2D eigenvalue weighted by atomic mass is 13.8. The van der Waals surface area contributed by atoms with Crippen LogP contribution >= 0.6 is 0 Å². The minimum atomic E-state index is 0.500. The molecule has 0 saturated carbocycles. The molecule has 0 atom stereocenters. The standard InChI is InChI=1S/C7H8.2C2H6/c1-7-5-3-2-4-6-7;2*1-2/h2-6H,1H3;2*1-2H3/i;1D;. The maximum absolute atomic E-state index is 6.21. The monoisotopic (exact) mass is 153 g/mol. The second-order valence-corrected chi connectivity index (χ2v) is 1.65. The molecule has 1 aromatic rings. The Bertz CT molecular complexity index is 146. The summed E-state index contributed by atoms with van der Waals surface area (Å²) in [7, 11) is 0. The van der Waals surface area contributed by atoms with Crippen molar-refractivity contribution in [3.05, 3.63) is 35.9 Å². The van der Waals surface area contributed by atoms with Crippen molar-refractivity contribution in [3.8, 4) is 0 Å². The van der Waals surface area contributed by atoms with Gasteiger partial charge < -0.3 is 0 Å². The molecule has 0 unspecified atom stereocenters. The van der Waals surface area contributed by atoms with Gasteiger partial charge in [0.15, 0.2) is 0 Å². The van der Waals surface area contributed by atoms with E-state index in [0.29, 0.717) is 6.90 Å². The van der Waals surface area contributed by atoms with E-state index < -0.39 is 0 Å². The summed E-state index contributed by atoms with van der Waals surface area (Å²) in [5, 5.41) is 0. The molecule has 0 nitrogen and oxygen atoms in total. The summed E-state index contributed by atoms with van der Waals surface area (Å²) >= 11 is 0. The van der Waals surface area contributed by atoms with Crippen molar-refractivity contribution in [3.63, 3.8) is 0 Å². The van der Waals surface area contributed by atoms with Gasteiger partial charge >= 0.3 is 0 Å². The third-order valence-corrected chi connectivity index (χ3v) is 0.940. The maximum Gasteiger partial charge on any atom is 0.0228 e. The molecule has 64 valence electrons. The minimum Gasteiger partial charge on any atom is -0.0683 e. The zero-order chi connectivity index (χ0) is 9.82. The van der Waals surface area contributed by atoms with Crippen LogP contribution in [0.3, 0.4) is 0 Å². The van der Waals surface area contributed by atoms with Gasteiger partial charge in [0, 0.05) is 1.37 Å². The SMILES string of the molecule is CC.Cc1ccccc1.[2H]CC. The van der Waals surface area contributed by atoms with Crippen molar-refractivity contribution >= 4 is 0 Å². The van der Waals surface area contributed by atoms with Crippen molar-refractivity contribution in [2.75, 3.05) is 0 Å². The van der Waals surface area contributed by atoms with Crippen molar-refractivity contribution < 1.29 is 1.37 Å². The summed E-state index contributed by atoms with van der Waals surface area (Å²) in [5.41, 5.74) is 1.32. The maximum atomic E-state index is 6.21. The third kappa shape index (κ3) is 9.22. The lowest BCUT2D eigenvalue weighted by atomic mass is 10.2. The Hall–Kier alpha value is -0.780. The van der Waals surface area contributed by atoms with Crippen molar-refractivity contribution in [2.24, 2.45) is 0 Å². The molecule has 0 spiro atoms. The molecule has 0 radical (unpaired) electrons. The van der Waals surface area contributed by atoms with Gasteiger partial charge in [-0.15, -0.1) is 0 Å². The zero-order valence-corrected chi connectivity index (χ0v) is 8.09. The first-order chi connectivity index (χ1) is 5.81. The quantitative estimate of drug-likeness (QED) is 0.527. The summed E-state index contributed by atoms with van der Waals surface area (Å²) in [6.07, 6.45) is 0. The molecule has 11 heavy (non-hydrogen) atoms. The first-order valence-electron chi connectivity index (χ1n) is 4.82. The first-order valence-corrected chi connectivity index (χ1v) is 4.12. The van der Waals surface area contributed by atoms with E-state index in [1.807, 2.05) is 32.0 Å². The van der Waals surface area contributed by atoms with E-state index in [0.717, 1.165) is 0 Å². The molecule has 1 aromatic carbocycles. The molecular weight excluding hydrogens is 132 g/mol. The highest BCUT2D eigenvalue weighted by Gasteiger charge is 1.72. The van der Waals surface area contributed by atoms with Crippen molar-refractivity contribution in [2.45, 2.75) is 34.6 Å².